The fourth-order valence-electron chi connectivity index (χ4n) is 1.43. The van der Waals surface area contributed by atoms with Gasteiger partial charge in [-0.3, -0.25) is 4.79 Å². The van der Waals surface area contributed by atoms with Crippen molar-refractivity contribution in [1.82, 2.24) is 5.32 Å². The van der Waals surface area contributed by atoms with Crippen LogP contribution in [0.5, 0.6) is 0 Å². The molecule has 0 saturated heterocycles. The second-order valence-electron chi connectivity index (χ2n) is 4.09. The minimum atomic E-state index is -1.55. The van der Waals surface area contributed by atoms with Crippen molar-refractivity contribution in [2.24, 2.45) is 5.92 Å². The molecule has 0 fully saturated rings. The van der Waals surface area contributed by atoms with Crippen LogP contribution in [0.4, 0.5) is 0 Å². The first-order valence-electron chi connectivity index (χ1n) is 5.29. The molecule has 0 bridgehead atoms. The molecule has 0 aromatic rings. The molecule has 1 atom stereocenters. The number of hydrogen-bond acceptors (Lipinski definition) is 3. The van der Waals surface area contributed by atoms with E-state index in [1.54, 1.807) is 12.2 Å². The molecule has 1 aliphatic rings. The first kappa shape index (κ1) is 15.8. The van der Waals surface area contributed by atoms with Crippen molar-refractivity contribution in [3.8, 4) is 0 Å². The number of allylic oxidation sites excluding steroid dienone is 2. The molecule has 18 heavy (non-hydrogen) atoms. The van der Waals surface area contributed by atoms with Gasteiger partial charge in [-0.1, -0.05) is 26.8 Å². The highest BCUT2D eigenvalue weighted by molar-refractivity contribution is 9.92. The van der Waals surface area contributed by atoms with Crippen molar-refractivity contribution in [3.63, 3.8) is 0 Å². The lowest BCUT2D eigenvalue weighted by atomic mass is 10.0. The van der Waals surface area contributed by atoms with Crippen LogP contribution in [-0.2, 0) is 14.3 Å². The first-order chi connectivity index (χ1) is 8.29. The molecule has 0 saturated carbocycles. The van der Waals surface area contributed by atoms with Crippen LogP contribution in [0, 0.1) is 5.92 Å². The molecule has 1 heterocycles. The Morgan fingerprint density at radius 2 is 2.00 bits per heavy atom. The number of rotatable bonds is 4. The SMILES string of the molecule is COC(=O)[C@H](NC(=O)C1=CC=CS1(Br)Br)C(C)C. The summed E-state index contributed by atoms with van der Waals surface area (Å²) >= 11 is 6.92. The lowest BCUT2D eigenvalue weighted by Gasteiger charge is -2.24. The topological polar surface area (TPSA) is 55.4 Å². The number of amides is 1. The Bertz CT molecular complexity index is 419. The van der Waals surface area contributed by atoms with E-state index in [-0.39, 0.29) is 11.8 Å². The van der Waals surface area contributed by atoms with Gasteiger partial charge in [0.1, 0.15) is 6.04 Å². The molecule has 0 aromatic carbocycles. The normalized spacial score (nSPS) is 20.2. The summed E-state index contributed by atoms with van der Waals surface area (Å²) < 4.78 is 4.68. The molecular weight excluding hydrogens is 386 g/mol. The summed E-state index contributed by atoms with van der Waals surface area (Å²) in [7, 11) is 1.31. The van der Waals surface area contributed by atoms with Crippen LogP contribution in [-0.4, -0.2) is 25.0 Å². The Kier molecular flexibility index (Phi) is 5.48. The summed E-state index contributed by atoms with van der Waals surface area (Å²) in [6, 6.07) is -0.640. The molecule has 1 aliphatic heterocycles. The van der Waals surface area contributed by atoms with Crippen LogP contribution in [0.15, 0.2) is 22.5 Å². The van der Waals surface area contributed by atoms with Gasteiger partial charge in [0.05, 0.1) is 12.0 Å². The second kappa shape index (κ2) is 6.25. The number of nitrogens with one attached hydrogen (secondary N) is 1. The third kappa shape index (κ3) is 3.61. The number of carbonyl (C=O) groups excluding carboxylic acids is 2. The lowest BCUT2D eigenvalue weighted by molar-refractivity contribution is -0.145. The molecule has 1 rings (SSSR count). The van der Waals surface area contributed by atoms with Crippen LogP contribution in [0.1, 0.15) is 13.8 Å². The van der Waals surface area contributed by atoms with Crippen molar-refractivity contribution in [3.05, 3.63) is 22.5 Å². The number of carbonyl (C=O) groups is 2. The van der Waals surface area contributed by atoms with E-state index in [0.717, 1.165) is 0 Å². The number of hydrogen-bond donors (Lipinski definition) is 1. The van der Waals surface area contributed by atoms with E-state index in [2.05, 4.69) is 39.7 Å². The quantitative estimate of drug-likeness (QED) is 0.737. The van der Waals surface area contributed by atoms with Crippen molar-refractivity contribution >= 4 is 48.4 Å². The molecule has 102 valence electrons. The lowest BCUT2D eigenvalue weighted by Crippen LogP contribution is -2.45. The summed E-state index contributed by atoms with van der Waals surface area (Å²) in [6.45, 7) is 2.16. The molecule has 0 aliphatic carbocycles. The van der Waals surface area contributed by atoms with Gasteiger partial charge in [-0.2, -0.15) is 0 Å². The summed E-state index contributed by atoms with van der Waals surface area (Å²) in [4.78, 5) is 24.3. The van der Waals surface area contributed by atoms with E-state index in [1.807, 2.05) is 19.3 Å². The van der Waals surface area contributed by atoms with Crippen LogP contribution in [0.2, 0.25) is 0 Å². The highest BCUT2D eigenvalue weighted by atomic mass is 79.9. The third-order valence-electron chi connectivity index (χ3n) is 2.42. The van der Waals surface area contributed by atoms with Gasteiger partial charge in [0.2, 0.25) is 0 Å². The number of ether oxygens (including phenoxy) is 1. The highest BCUT2D eigenvalue weighted by Crippen LogP contribution is 2.72. The summed E-state index contributed by atoms with van der Waals surface area (Å²) in [5, 5.41) is 4.58. The molecule has 4 nitrogen and oxygen atoms in total. The molecular formula is C11H15Br2NO3S. The van der Waals surface area contributed by atoms with E-state index < -0.39 is 18.9 Å². The van der Waals surface area contributed by atoms with E-state index in [0.29, 0.717) is 4.91 Å². The number of methoxy groups -OCH3 is 1. The summed E-state index contributed by atoms with van der Waals surface area (Å²) in [6.07, 6.45) is 3.53. The van der Waals surface area contributed by atoms with E-state index in [4.69, 9.17) is 0 Å². The Hall–Kier alpha value is -0.270. The molecule has 7 heteroatoms. The summed E-state index contributed by atoms with van der Waals surface area (Å²) in [5.41, 5.74) is 0. The third-order valence-corrected chi connectivity index (χ3v) is 7.22. The minimum Gasteiger partial charge on any atom is -0.467 e. The van der Waals surface area contributed by atoms with Gasteiger partial charge in [-0.25, -0.2) is 4.79 Å². The van der Waals surface area contributed by atoms with Crippen LogP contribution >= 0.6 is 36.5 Å². The monoisotopic (exact) mass is 399 g/mol. The molecule has 0 radical (unpaired) electrons. The maximum atomic E-state index is 12.1. The second-order valence-corrected chi connectivity index (χ2v) is 14.6. The van der Waals surface area contributed by atoms with Crippen molar-refractivity contribution < 1.29 is 14.3 Å². The number of halogens is 2. The smallest absolute Gasteiger partial charge is 0.328 e. The van der Waals surface area contributed by atoms with Crippen LogP contribution in [0.25, 0.3) is 0 Å². The first-order valence-corrected chi connectivity index (χ1v) is 10.7. The Labute approximate surface area is 123 Å². The predicted molar refractivity (Wildman–Crippen MR) is 81.5 cm³/mol. The van der Waals surface area contributed by atoms with Gasteiger partial charge in [0.25, 0.3) is 5.91 Å². The van der Waals surface area contributed by atoms with Crippen molar-refractivity contribution in [1.29, 1.82) is 0 Å². The van der Waals surface area contributed by atoms with Crippen molar-refractivity contribution in [2.75, 3.05) is 7.11 Å². The molecule has 0 spiro atoms. The van der Waals surface area contributed by atoms with Gasteiger partial charge in [-0.15, -0.1) is 0 Å². The van der Waals surface area contributed by atoms with Crippen LogP contribution in [0.3, 0.4) is 0 Å². The largest absolute Gasteiger partial charge is 0.467 e. The van der Waals surface area contributed by atoms with Gasteiger partial charge in [0, 0.05) is 0 Å². The van der Waals surface area contributed by atoms with E-state index in [9.17, 15) is 9.59 Å². The molecule has 0 aromatic heterocycles. The highest BCUT2D eigenvalue weighted by Gasteiger charge is 2.32. The van der Waals surface area contributed by atoms with Gasteiger partial charge < -0.3 is 10.1 Å². The van der Waals surface area contributed by atoms with Gasteiger partial charge in [-0.05, 0) is 47.0 Å². The molecule has 1 N–H and O–H groups in total. The Morgan fingerprint density at radius 1 is 1.39 bits per heavy atom. The molecule has 1 amide bonds. The zero-order valence-electron chi connectivity index (χ0n) is 10.3. The average molecular weight is 401 g/mol. The maximum Gasteiger partial charge on any atom is 0.328 e. The Morgan fingerprint density at radius 3 is 2.39 bits per heavy atom. The summed E-state index contributed by atoms with van der Waals surface area (Å²) in [5.74, 6) is -0.742. The fraction of sp³-hybridized carbons (Fsp3) is 0.455. The fourth-order valence-corrected chi connectivity index (χ4v) is 4.69. The van der Waals surface area contributed by atoms with Crippen LogP contribution < -0.4 is 5.32 Å². The molecule has 0 unspecified atom stereocenters. The number of esters is 1. The van der Waals surface area contributed by atoms with E-state index in [1.165, 1.54) is 7.11 Å². The van der Waals surface area contributed by atoms with Gasteiger partial charge in [0.15, 0.2) is 0 Å². The standard InChI is InChI=1S/C11H15Br2NO3S/c1-7(2)9(11(16)17-3)14-10(15)8-5-4-6-18(8,12)13/h4-7,9H,1-3H3,(H,14,15)/t9-/m1/s1. The Balaban J connectivity index is 2.78. The van der Waals surface area contributed by atoms with Gasteiger partial charge >= 0.3 is 5.97 Å². The minimum absolute atomic E-state index is 0.0357. The zero-order chi connectivity index (χ0) is 13.9. The van der Waals surface area contributed by atoms with E-state index >= 15 is 0 Å². The maximum absolute atomic E-state index is 12.1. The zero-order valence-corrected chi connectivity index (χ0v) is 14.3. The predicted octanol–water partition coefficient (Wildman–Crippen LogP) is 3.14. The van der Waals surface area contributed by atoms with Crippen molar-refractivity contribution in [2.45, 2.75) is 19.9 Å². The average Bonchev–Trinajstić information content (AvgIpc) is 2.64.